The lowest BCUT2D eigenvalue weighted by molar-refractivity contribution is 0.153. The van der Waals surface area contributed by atoms with E-state index >= 15 is 0 Å². The third-order valence-electron chi connectivity index (χ3n) is 5.35. The van der Waals surface area contributed by atoms with E-state index in [0.29, 0.717) is 38.4 Å². The van der Waals surface area contributed by atoms with Gasteiger partial charge in [-0.2, -0.15) is 9.57 Å². The van der Waals surface area contributed by atoms with E-state index < -0.39 is 10.0 Å². The standard InChI is InChI=1S/C20H21N5O2S2/c1-22-18-4-2-3-5-19(18)25(20(22)28)15-23-10-12-24(13-11-23)29(26,27)17-8-6-16(14-21)7-9-17/h2-9H,10-13,15H2,1H3. The molecule has 1 fully saturated rings. The van der Waals surface area contributed by atoms with Gasteiger partial charge in [0.25, 0.3) is 0 Å². The molecule has 7 nitrogen and oxygen atoms in total. The third kappa shape index (κ3) is 3.60. The van der Waals surface area contributed by atoms with E-state index in [2.05, 4.69) is 15.5 Å². The summed E-state index contributed by atoms with van der Waals surface area (Å²) in [5, 5.41) is 8.89. The predicted octanol–water partition coefficient (Wildman–Crippen LogP) is 2.54. The van der Waals surface area contributed by atoms with E-state index in [9.17, 15) is 8.42 Å². The van der Waals surface area contributed by atoms with Crippen LogP contribution in [0.1, 0.15) is 5.56 Å². The Hall–Kier alpha value is -2.51. The van der Waals surface area contributed by atoms with Crippen LogP contribution in [0.4, 0.5) is 0 Å². The molecular formula is C20H21N5O2S2. The second-order valence-electron chi connectivity index (χ2n) is 7.06. The molecule has 1 aliphatic heterocycles. The highest BCUT2D eigenvalue weighted by Crippen LogP contribution is 2.20. The maximum absolute atomic E-state index is 12.9. The highest BCUT2D eigenvalue weighted by molar-refractivity contribution is 7.89. The van der Waals surface area contributed by atoms with E-state index in [-0.39, 0.29) is 4.90 Å². The molecule has 0 bridgehead atoms. The van der Waals surface area contributed by atoms with Crippen molar-refractivity contribution in [2.45, 2.75) is 11.6 Å². The van der Waals surface area contributed by atoms with Crippen molar-refractivity contribution >= 4 is 33.3 Å². The fraction of sp³-hybridized carbons (Fsp3) is 0.300. The highest BCUT2D eigenvalue weighted by Gasteiger charge is 2.28. The first-order valence-corrected chi connectivity index (χ1v) is 11.1. The average Bonchev–Trinajstić information content (AvgIpc) is 2.99. The van der Waals surface area contributed by atoms with Crippen LogP contribution < -0.4 is 0 Å². The fourth-order valence-electron chi connectivity index (χ4n) is 3.66. The summed E-state index contributed by atoms with van der Waals surface area (Å²) >= 11 is 5.60. The normalized spacial score (nSPS) is 16.1. The summed E-state index contributed by atoms with van der Waals surface area (Å²) in [7, 11) is -1.59. The summed E-state index contributed by atoms with van der Waals surface area (Å²) < 4.78 is 32.1. The van der Waals surface area contributed by atoms with Gasteiger partial charge in [-0.25, -0.2) is 8.42 Å². The van der Waals surface area contributed by atoms with Gasteiger partial charge in [0.1, 0.15) is 0 Å². The SMILES string of the molecule is Cn1c(=S)n(CN2CCN(S(=O)(=O)c3ccc(C#N)cc3)CC2)c2ccccc21. The summed E-state index contributed by atoms with van der Waals surface area (Å²) in [6, 6.07) is 16.2. The van der Waals surface area contributed by atoms with Crippen LogP contribution in [0.15, 0.2) is 53.4 Å². The van der Waals surface area contributed by atoms with Crippen molar-refractivity contribution < 1.29 is 8.42 Å². The smallest absolute Gasteiger partial charge is 0.243 e. The number of fused-ring (bicyclic) bond motifs is 1. The molecule has 3 aromatic rings. The zero-order valence-electron chi connectivity index (χ0n) is 16.0. The van der Waals surface area contributed by atoms with Crippen molar-refractivity contribution in [2.75, 3.05) is 26.2 Å². The van der Waals surface area contributed by atoms with Gasteiger partial charge in [-0.3, -0.25) is 4.90 Å². The molecule has 0 spiro atoms. The molecule has 0 unspecified atom stereocenters. The van der Waals surface area contributed by atoms with Crippen LogP contribution in [0.5, 0.6) is 0 Å². The number of nitriles is 1. The molecule has 0 amide bonds. The molecule has 2 heterocycles. The van der Waals surface area contributed by atoms with E-state index in [1.807, 2.05) is 35.9 Å². The lowest BCUT2D eigenvalue weighted by atomic mass is 10.2. The molecule has 9 heteroatoms. The van der Waals surface area contributed by atoms with Gasteiger partial charge >= 0.3 is 0 Å². The number of nitrogens with zero attached hydrogens (tertiary/aromatic N) is 5. The van der Waals surface area contributed by atoms with Crippen molar-refractivity contribution in [3.8, 4) is 6.07 Å². The van der Waals surface area contributed by atoms with Gasteiger partial charge in [0.15, 0.2) is 4.77 Å². The van der Waals surface area contributed by atoms with Gasteiger partial charge < -0.3 is 9.13 Å². The largest absolute Gasteiger partial charge is 0.320 e. The number of aryl methyl sites for hydroxylation is 1. The van der Waals surface area contributed by atoms with E-state index in [4.69, 9.17) is 17.5 Å². The minimum atomic E-state index is -3.56. The summed E-state index contributed by atoms with van der Waals surface area (Å²) in [6.45, 7) is 2.72. The van der Waals surface area contributed by atoms with Gasteiger partial charge in [0.05, 0.1) is 34.2 Å². The number of benzene rings is 2. The first kappa shape index (κ1) is 19.8. The van der Waals surface area contributed by atoms with Crippen LogP contribution in [0.2, 0.25) is 0 Å². The Morgan fingerprint density at radius 3 is 2.24 bits per heavy atom. The molecule has 2 aromatic carbocycles. The molecule has 0 atom stereocenters. The molecule has 0 radical (unpaired) electrons. The van der Waals surface area contributed by atoms with Crippen molar-refractivity contribution in [2.24, 2.45) is 7.05 Å². The summed E-state index contributed by atoms with van der Waals surface area (Å²) in [4.78, 5) is 2.44. The number of para-hydroxylation sites is 2. The molecule has 1 saturated heterocycles. The molecule has 1 aromatic heterocycles. The predicted molar refractivity (Wildman–Crippen MR) is 113 cm³/mol. The molecule has 150 valence electrons. The fourth-order valence-corrected chi connectivity index (χ4v) is 5.34. The molecule has 0 N–H and O–H groups in total. The summed E-state index contributed by atoms with van der Waals surface area (Å²) in [6.07, 6.45) is 0. The van der Waals surface area contributed by atoms with Gasteiger partial charge in [0.2, 0.25) is 10.0 Å². The van der Waals surface area contributed by atoms with Crippen LogP contribution in [-0.4, -0.2) is 52.9 Å². The average molecular weight is 428 g/mol. The minimum absolute atomic E-state index is 0.223. The molecule has 4 rings (SSSR count). The van der Waals surface area contributed by atoms with Gasteiger partial charge in [0, 0.05) is 33.2 Å². The Kier molecular flexibility index (Phi) is 5.27. The van der Waals surface area contributed by atoms with Crippen molar-refractivity contribution in [1.29, 1.82) is 5.26 Å². The lowest BCUT2D eigenvalue weighted by Gasteiger charge is -2.34. The third-order valence-corrected chi connectivity index (χ3v) is 7.75. The number of hydrogen-bond donors (Lipinski definition) is 0. The number of sulfonamides is 1. The Morgan fingerprint density at radius 1 is 1.00 bits per heavy atom. The number of imidazole rings is 1. The Balaban J connectivity index is 1.48. The van der Waals surface area contributed by atoms with Crippen molar-refractivity contribution in [3.63, 3.8) is 0 Å². The number of aromatic nitrogens is 2. The monoisotopic (exact) mass is 427 g/mol. The van der Waals surface area contributed by atoms with Crippen molar-refractivity contribution in [1.82, 2.24) is 18.3 Å². The second kappa shape index (κ2) is 7.72. The second-order valence-corrected chi connectivity index (χ2v) is 9.36. The van der Waals surface area contributed by atoms with E-state index in [1.165, 1.54) is 28.6 Å². The summed E-state index contributed by atoms with van der Waals surface area (Å²) in [5.74, 6) is 0. The lowest BCUT2D eigenvalue weighted by Crippen LogP contribution is -2.48. The zero-order chi connectivity index (χ0) is 20.6. The van der Waals surface area contributed by atoms with Crippen LogP contribution in [0, 0.1) is 16.1 Å². The van der Waals surface area contributed by atoms with E-state index in [1.54, 1.807) is 0 Å². The van der Waals surface area contributed by atoms with Crippen LogP contribution in [0.25, 0.3) is 11.0 Å². The summed E-state index contributed by atoms with van der Waals surface area (Å²) in [5.41, 5.74) is 2.60. The van der Waals surface area contributed by atoms with Gasteiger partial charge in [-0.05, 0) is 48.6 Å². The van der Waals surface area contributed by atoms with E-state index in [0.717, 1.165) is 15.8 Å². The van der Waals surface area contributed by atoms with Crippen LogP contribution >= 0.6 is 12.2 Å². The Morgan fingerprint density at radius 2 is 1.62 bits per heavy atom. The first-order valence-electron chi connectivity index (χ1n) is 9.29. The number of hydrogen-bond acceptors (Lipinski definition) is 5. The molecule has 1 aliphatic rings. The molecule has 29 heavy (non-hydrogen) atoms. The first-order chi connectivity index (χ1) is 13.9. The molecule has 0 aliphatic carbocycles. The quantitative estimate of drug-likeness (QED) is 0.598. The number of piperazine rings is 1. The minimum Gasteiger partial charge on any atom is -0.320 e. The van der Waals surface area contributed by atoms with Gasteiger partial charge in [-0.15, -0.1) is 0 Å². The Bertz CT molecular complexity index is 1240. The van der Waals surface area contributed by atoms with Crippen molar-refractivity contribution in [3.05, 3.63) is 58.9 Å². The Labute approximate surface area is 175 Å². The van der Waals surface area contributed by atoms with Crippen LogP contribution in [-0.2, 0) is 23.7 Å². The number of rotatable bonds is 4. The highest BCUT2D eigenvalue weighted by atomic mass is 32.2. The van der Waals surface area contributed by atoms with Gasteiger partial charge in [-0.1, -0.05) is 12.1 Å². The molecule has 0 saturated carbocycles. The topological polar surface area (TPSA) is 74.3 Å². The van der Waals surface area contributed by atoms with Crippen LogP contribution in [0.3, 0.4) is 0 Å². The molecular weight excluding hydrogens is 406 g/mol. The maximum Gasteiger partial charge on any atom is 0.243 e. The maximum atomic E-state index is 12.9. The zero-order valence-corrected chi connectivity index (χ0v) is 17.7.